The zero-order valence-electron chi connectivity index (χ0n) is 13.9. The first-order valence-corrected chi connectivity index (χ1v) is 8.02. The maximum Gasteiger partial charge on any atom is 0.265 e. The van der Waals surface area contributed by atoms with Crippen LogP contribution in [0.5, 0.6) is 5.75 Å². The fourth-order valence-corrected chi connectivity index (χ4v) is 2.63. The second kappa shape index (κ2) is 6.36. The summed E-state index contributed by atoms with van der Waals surface area (Å²) in [5.41, 5.74) is 2.43. The van der Waals surface area contributed by atoms with Gasteiger partial charge in [0.25, 0.3) is 11.8 Å². The van der Waals surface area contributed by atoms with Crippen LogP contribution in [-0.2, 0) is 4.79 Å². The standard InChI is InChI=1S/C19H15N3O4/c1-11-18(23)22-15-8-14(6-7-16(15)26-11)21-19(24)13-4-2-12(3-5-13)17-9-20-10-25-17/h2-11H,1H3,(H,21,24)(H,22,23). The number of benzene rings is 2. The molecule has 0 spiro atoms. The number of hydrogen-bond donors (Lipinski definition) is 2. The lowest BCUT2D eigenvalue weighted by atomic mass is 10.1. The number of amides is 2. The van der Waals surface area contributed by atoms with E-state index in [4.69, 9.17) is 9.15 Å². The Morgan fingerprint density at radius 1 is 1.19 bits per heavy atom. The van der Waals surface area contributed by atoms with Gasteiger partial charge in [0.2, 0.25) is 0 Å². The number of anilines is 2. The maximum atomic E-state index is 12.4. The molecule has 1 atom stereocenters. The van der Waals surface area contributed by atoms with Crippen molar-refractivity contribution in [3.63, 3.8) is 0 Å². The van der Waals surface area contributed by atoms with Crippen LogP contribution in [0.2, 0.25) is 0 Å². The van der Waals surface area contributed by atoms with Crippen LogP contribution in [-0.4, -0.2) is 22.9 Å². The van der Waals surface area contributed by atoms with Crippen molar-refractivity contribution < 1.29 is 18.7 Å². The Morgan fingerprint density at radius 2 is 2.00 bits per heavy atom. The molecule has 1 aliphatic rings. The van der Waals surface area contributed by atoms with Crippen molar-refractivity contribution in [1.29, 1.82) is 0 Å². The van der Waals surface area contributed by atoms with Crippen LogP contribution in [0.25, 0.3) is 11.3 Å². The van der Waals surface area contributed by atoms with Gasteiger partial charge in [-0.05, 0) is 37.3 Å². The van der Waals surface area contributed by atoms with Gasteiger partial charge in [-0.25, -0.2) is 4.98 Å². The van der Waals surface area contributed by atoms with Crippen LogP contribution in [0.1, 0.15) is 17.3 Å². The third kappa shape index (κ3) is 3.02. The minimum atomic E-state index is -0.536. The largest absolute Gasteiger partial charge is 0.479 e. The molecule has 3 aromatic rings. The van der Waals surface area contributed by atoms with E-state index in [9.17, 15) is 9.59 Å². The summed E-state index contributed by atoms with van der Waals surface area (Å²) in [6.45, 7) is 1.68. The van der Waals surface area contributed by atoms with E-state index in [1.165, 1.54) is 6.39 Å². The third-order valence-corrected chi connectivity index (χ3v) is 4.03. The highest BCUT2D eigenvalue weighted by Gasteiger charge is 2.23. The number of nitrogens with zero attached hydrogens (tertiary/aromatic N) is 1. The molecule has 7 nitrogen and oxygen atoms in total. The minimum absolute atomic E-state index is 0.219. The Balaban J connectivity index is 1.50. The number of oxazole rings is 1. The topological polar surface area (TPSA) is 93.5 Å². The van der Waals surface area contributed by atoms with E-state index in [-0.39, 0.29) is 11.8 Å². The van der Waals surface area contributed by atoms with Gasteiger partial charge in [0.1, 0.15) is 5.75 Å². The lowest BCUT2D eigenvalue weighted by Gasteiger charge is -2.23. The number of carbonyl (C=O) groups is 2. The normalized spacial score (nSPS) is 15.6. The van der Waals surface area contributed by atoms with E-state index in [0.29, 0.717) is 28.4 Å². The summed E-state index contributed by atoms with van der Waals surface area (Å²) in [6.07, 6.45) is 2.43. The number of carbonyl (C=O) groups excluding carboxylic acids is 2. The van der Waals surface area contributed by atoms with Gasteiger partial charge >= 0.3 is 0 Å². The van der Waals surface area contributed by atoms with E-state index in [1.807, 2.05) is 0 Å². The SMILES string of the molecule is CC1Oc2ccc(NC(=O)c3ccc(-c4cnco4)cc3)cc2NC1=O. The van der Waals surface area contributed by atoms with Crippen molar-refractivity contribution in [2.45, 2.75) is 13.0 Å². The first-order valence-electron chi connectivity index (χ1n) is 8.02. The number of aromatic nitrogens is 1. The molecule has 1 aliphatic heterocycles. The van der Waals surface area contributed by atoms with Gasteiger partial charge in [0, 0.05) is 16.8 Å². The van der Waals surface area contributed by atoms with Crippen LogP contribution in [0.3, 0.4) is 0 Å². The molecular weight excluding hydrogens is 334 g/mol. The molecule has 0 radical (unpaired) electrons. The fraction of sp³-hybridized carbons (Fsp3) is 0.105. The summed E-state index contributed by atoms with van der Waals surface area (Å²) in [7, 11) is 0. The third-order valence-electron chi connectivity index (χ3n) is 4.03. The maximum absolute atomic E-state index is 12.4. The zero-order chi connectivity index (χ0) is 18.1. The molecule has 0 fully saturated rings. The minimum Gasteiger partial charge on any atom is -0.479 e. The summed E-state index contributed by atoms with van der Waals surface area (Å²) < 4.78 is 10.7. The summed E-state index contributed by atoms with van der Waals surface area (Å²) in [6, 6.07) is 12.1. The molecule has 2 amide bonds. The summed E-state index contributed by atoms with van der Waals surface area (Å²) in [4.78, 5) is 28.0. The first-order chi connectivity index (χ1) is 12.6. The number of ether oxygens (including phenoxy) is 1. The molecule has 4 rings (SSSR count). The molecule has 0 saturated carbocycles. The lowest BCUT2D eigenvalue weighted by Crippen LogP contribution is -2.34. The van der Waals surface area contributed by atoms with Gasteiger partial charge in [0.15, 0.2) is 18.3 Å². The Morgan fingerprint density at radius 3 is 2.73 bits per heavy atom. The van der Waals surface area contributed by atoms with Crippen LogP contribution in [0.4, 0.5) is 11.4 Å². The smallest absolute Gasteiger partial charge is 0.265 e. The van der Waals surface area contributed by atoms with Crippen molar-refractivity contribution in [2.75, 3.05) is 10.6 Å². The van der Waals surface area contributed by atoms with Crippen LogP contribution < -0.4 is 15.4 Å². The summed E-state index contributed by atoms with van der Waals surface area (Å²) >= 11 is 0. The molecule has 1 aromatic heterocycles. The van der Waals surface area contributed by atoms with Crippen LogP contribution in [0, 0.1) is 0 Å². The second-order valence-electron chi connectivity index (χ2n) is 5.86. The van der Waals surface area contributed by atoms with E-state index >= 15 is 0 Å². The number of rotatable bonds is 3. The Hall–Kier alpha value is -3.61. The zero-order valence-corrected chi connectivity index (χ0v) is 13.9. The number of fused-ring (bicyclic) bond motifs is 1. The molecule has 0 bridgehead atoms. The molecule has 130 valence electrons. The van der Waals surface area contributed by atoms with E-state index in [0.717, 1.165) is 5.56 Å². The summed E-state index contributed by atoms with van der Waals surface area (Å²) in [5.74, 6) is 0.734. The van der Waals surface area contributed by atoms with Crippen molar-refractivity contribution >= 4 is 23.2 Å². The first kappa shape index (κ1) is 15.9. The molecule has 26 heavy (non-hydrogen) atoms. The van der Waals surface area contributed by atoms with Crippen molar-refractivity contribution in [1.82, 2.24) is 4.98 Å². The fourth-order valence-electron chi connectivity index (χ4n) is 2.63. The Labute approximate surface area is 149 Å². The molecule has 1 unspecified atom stereocenters. The average molecular weight is 349 g/mol. The molecule has 2 N–H and O–H groups in total. The predicted octanol–water partition coefficient (Wildman–Crippen LogP) is 3.31. The molecule has 0 saturated heterocycles. The molecule has 2 heterocycles. The van der Waals surface area contributed by atoms with E-state index in [1.54, 1.807) is 55.6 Å². The molecular formula is C19H15N3O4. The van der Waals surface area contributed by atoms with Gasteiger partial charge in [0.05, 0.1) is 11.9 Å². The van der Waals surface area contributed by atoms with E-state index < -0.39 is 6.10 Å². The molecule has 2 aromatic carbocycles. The Kier molecular flexibility index (Phi) is 3.89. The average Bonchev–Trinajstić information content (AvgIpc) is 3.18. The quantitative estimate of drug-likeness (QED) is 0.757. The monoisotopic (exact) mass is 349 g/mol. The molecule has 7 heteroatoms. The lowest BCUT2D eigenvalue weighted by molar-refractivity contribution is -0.122. The van der Waals surface area contributed by atoms with Crippen LogP contribution in [0.15, 0.2) is 59.5 Å². The van der Waals surface area contributed by atoms with Gasteiger partial charge in [-0.1, -0.05) is 12.1 Å². The van der Waals surface area contributed by atoms with Crippen molar-refractivity contribution in [2.24, 2.45) is 0 Å². The van der Waals surface area contributed by atoms with Crippen molar-refractivity contribution in [3.05, 3.63) is 60.6 Å². The van der Waals surface area contributed by atoms with E-state index in [2.05, 4.69) is 15.6 Å². The predicted molar refractivity (Wildman–Crippen MR) is 95.1 cm³/mol. The highest BCUT2D eigenvalue weighted by Crippen LogP contribution is 2.32. The highest BCUT2D eigenvalue weighted by molar-refractivity contribution is 6.05. The van der Waals surface area contributed by atoms with Gasteiger partial charge in [-0.15, -0.1) is 0 Å². The van der Waals surface area contributed by atoms with Gasteiger partial charge in [-0.2, -0.15) is 0 Å². The number of nitrogens with one attached hydrogen (secondary N) is 2. The van der Waals surface area contributed by atoms with Crippen LogP contribution >= 0.6 is 0 Å². The van der Waals surface area contributed by atoms with Crippen molar-refractivity contribution in [3.8, 4) is 17.1 Å². The molecule has 0 aliphatic carbocycles. The Bertz CT molecular complexity index is 965. The summed E-state index contributed by atoms with van der Waals surface area (Å²) in [5, 5.41) is 5.56. The second-order valence-corrected chi connectivity index (χ2v) is 5.86. The van der Waals surface area contributed by atoms with Gasteiger partial charge in [-0.3, -0.25) is 9.59 Å². The number of hydrogen-bond acceptors (Lipinski definition) is 5. The van der Waals surface area contributed by atoms with Gasteiger partial charge < -0.3 is 19.8 Å². The highest BCUT2D eigenvalue weighted by atomic mass is 16.5.